The van der Waals surface area contributed by atoms with E-state index >= 15 is 0 Å². The van der Waals surface area contributed by atoms with Gasteiger partial charge in [0, 0.05) is 0 Å². The van der Waals surface area contributed by atoms with E-state index in [-0.39, 0.29) is 5.92 Å². The Balaban J connectivity index is 4.79. The van der Waals surface area contributed by atoms with Crippen molar-refractivity contribution >= 4 is 45.4 Å². The minimum atomic E-state index is -0.564. The Kier molecular flexibility index (Phi) is 7.77. The molecule has 2 amide bonds. The summed E-state index contributed by atoms with van der Waals surface area (Å²) in [7, 11) is 0. The zero-order valence-electron chi connectivity index (χ0n) is 11.2. The van der Waals surface area contributed by atoms with E-state index in [2.05, 4.69) is 0 Å². The van der Waals surface area contributed by atoms with Crippen LogP contribution in [0.15, 0.2) is 0 Å². The molecule has 0 aromatic rings. The molecule has 0 rings (SSSR count). The van der Waals surface area contributed by atoms with E-state index in [1.807, 2.05) is 0 Å². The Bertz CT molecular complexity index is 387. The standard InChI is InChI=1S/C11H20N4O2S2/c1-5(9(11(15)17)19-7(3)13)4-8(10(14)16)18-6(2)12/h5,8-9,12-13H,4H2,1-3H3,(H2,14,16)(H2,15,17). The Morgan fingerprint density at radius 2 is 1.53 bits per heavy atom. The van der Waals surface area contributed by atoms with E-state index in [9.17, 15) is 9.59 Å². The summed E-state index contributed by atoms with van der Waals surface area (Å²) in [6, 6.07) is 0. The molecule has 6 N–H and O–H groups in total. The lowest BCUT2D eigenvalue weighted by Gasteiger charge is -2.23. The molecular weight excluding hydrogens is 284 g/mol. The predicted molar refractivity (Wildman–Crippen MR) is 81.7 cm³/mol. The lowest BCUT2D eigenvalue weighted by atomic mass is 10.0. The quantitative estimate of drug-likeness (QED) is 0.415. The number of thioether (sulfide) groups is 2. The molecule has 19 heavy (non-hydrogen) atoms. The summed E-state index contributed by atoms with van der Waals surface area (Å²) in [5.41, 5.74) is 10.6. The van der Waals surface area contributed by atoms with Crippen molar-refractivity contribution in [2.24, 2.45) is 17.4 Å². The van der Waals surface area contributed by atoms with Crippen molar-refractivity contribution in [2.45, 2.75) is 37.7 Å². The molecule has 0 radical (unpaired) electrons. The zero-order chi connectivity index (χ0) is 15.2. The van der Waals surface area contributed by atoms with Gasteiger partial charge < -0.3 is 11.5 Å². The minimum Gasteiger partial charge on any atom is -0.369 e. The fourth-order valence-electron chi connectivity index (χ4n) is 1.54. The van der Waals surface area contributed by atoms with Crippen molar-refractivity contribution in [3.05, 3.63) is 0 Å². The van der Waals surface area contributed by atoms with Gasteiger partial charge in [0.2, 0.25) is 11.8 Å². The molecule has 0 saturated carbocycles. The van der Waals surface area contributed by atoms with Crippen molar-refractivity contribution in [1.29, 1.82) is 10.8 Å². The summed E-state index contributed by atoms with van der Waals surface area (Å²) in [5, 5.41) is 14.3. The largest absolute Gasteiger partial charge is 0.369 e. The molecule has 8 heteroatoms. The molecule has 0 aliphatic carbocycles. The molecule has 0 aliphatic rings. The highest BCUT2D eigenvalue weighted by Gasteiger charge is 2.29. The highest BCUT2D eigenvalue weighted by atomic mass is 32.2. The normalized spacial score (nSPS) is 15.3. The molecule has 0 aromatic carbocycles. The second kappa shape index (κ2) is 8.21. The van der Waals surface area contributed by atoms with Crippen LogP contribution in [0.1, 0.15) is 27.2 Å². The topological polar surface area (TPSA) is 134 Å². The predicted octanol–water partition coefficient (Wildman–Crippen LogP) is 1.18. The van der Waals surface area contributed by atoms with Gasteiger partial charge in [0.15, 0.2) is 0 Å². The maximum atomic E-state index is 11.4. The third-order valence-corrected chi connectivity index (χ3v) is 4.69. The van der Waals surface area contributed by atoms with Crippen LogP contribution < -0.4 is 11.5 Å². The Morgan fingerprint density at radius 1 is 1.05 bits per heavy atom. The van der Waals surface area contributed by atoms with Gasteiger partial charge in [0.1, 0.15) is 0 Å². The van der Waals surface area contributed by atoms with E-state index in [4.69, 9.17) is 22.3 Å². The van der Waals surface area contributed by atoms with Crippen molar-refractivity contribution in [3.8, 4) is 0 Å². The first-order chi connectivity index (χ1) is 8.65. The first kappa shape index (κ1) is 18.0. The van der Waals surface area contributed by atoms with Gasteiger partial charge in [0.05, 0.1) is 20.6 Å². The first-order valence-corrected chi connectivity index (χ1v) is 7.43. The fourth-order valence-corrected chi connectivity index (χ4v) is 3.33. The summed E-state index contributed by atoms with van der Waals surface area (Å²) in [4.78, 5) is 22.7. The van der Waals surface area contributed by atoms with Gasteiger partial charge in [-0.2, -0.15) is 0 Å². The average Bonchev–Trinajstić information content (AvgIpc) is 2.23. The Hall–Kier alpha value is -1.02. The fraction of sp³-hybridized carbons (Fsp3) is 0.636. The van der Waals surface area contributed by atoms with Crippen molar-refractivity contribution in [3.63, 3.8) is 0 Å². The van der Waals surface area contributed by atoms with Crippen molar-refractivity contribution in [1.82, 2.24) is 0 Å². The molecular formula is C11H20N4O2S2. The molecule has 0 aromatic heterocycles. The highest BCUT2D eigenvalue weighted by molar-refractivity contribution is 8.15. The van der Waals surface area contributed by atoms with Crippen molar-refractivity contribution in [2.75, 3.05) is 0 Å². The number of carbonyl (C=O) groups is 2. The molecule has 0 saturated heterocycles. The van der Waals surface area contributed by atoms with Crippen LogP contribution in [0.3, 0.4) is 0 Å². The second-order valence-corrected chi connectivity index (χ2v) is 7.05. The molecule has 0 fully saturated rings. The minimum absolute atomic E-state index is 0.202. The summed E-state index contributed by atoms with van der Waals surface area (Å²) >= 11 is 2.16. The molecule has 0 bridgehead atoms. The highest BCUT2D eigenvalue weighted by Crippen LogP contribution is 2.28. The van der Waals surface area contributed by atoms with E-state index in [1.165, 1.54) is 0 Å². The number of hydrogen-bond donors (Lipinski definition) is 4. The third kappa shape index (κ3) is 7.22. The second-order valence-electron chi connectivity index (χ2n) is 4.28. The van der Waals surface area contributed by atoms with Gasteiger partial charge in [0.25, 0.3) is 0 Å². The van der Waals surface area contributed by atoms with Crippen LogP contribution in [0.25, 0.3) is 0 Å². The smallest absolute Gasteiger partial charge is 0.231 e. The number of hydrogen-bond acceptors (Lipinski definition) is 6. The zero-order valence-corrected chi connectivity index (χ0v) is 12.9. The van der Waals surface area contributed by atoms with Crippen LogP contribution in [-0.2, 0) is 9.59 Å². The van der Waals surface area contributed by atoms with Crippen LogP contribution in [-0.4, -0.2) is 32.4 Å². The van der Waals surface area contributed by atoms with Gasteiger partial charge in [-0.3, -0.25) is 20.4 Å². The maximum Gasteiger partial charge on any atom is 0.231 e. The Labute approximate surface area is 121 Å². The number of carbonyl (C=O) groups excluding carboxylic acids is 2. The number of rotatable bonds is 7. The average molecular weight is 304 g/mol. The van der Waals surface area contributed by atoms with Crippen LogP contribution in [0.5, 0.6) is 0 Å². The van der Waals surface area contributed by atoms with Crippen LogP contribution in [0, 0.1) is 16.7 Å². The van der Waals surface area contributed by atoms with Gasteiger partial charge in [-0.1, -0.05) is 30.4 Å². The van der Waals surface area contributed by atoms with Gasteiger partial charge in [-0.25, -0.2) is 0 Å². The van der Waals surface area contributed by atoms with Crippen LogP contribution in [0.2, 0.25) is 0 Å². The van der Waals surface area contributed by atoms with E-state index in [0.29, 0.717) is 16.5 Å². The number of nitrogens with two attached hydrogens (primary N) is 2. The lowest BCUT2D eigenvalue weighted by molar-refractivity contribution is -0.120. The maximum absolute atomic E-state index is 11.4. The van der Waals surface area contributed by atoms with Gasteiger partial charge >= 0.3 is 0 Å². The third-order valence-electron chi connectivity index (χ3n) is 2.32. The molecule has 6 nitrogen and oxygen atoms in total. The molecule has 3 unspecified atom stereocenters. The number of primary amides is 2. The van der Waals surface area contributed by atoms with Gasteiger partial charge in [-0.15, -0.1) is 0 Å². The SMILES string of the molecule is CC(=N)SC(CC(C)C(SC(C)=N)C(N)=O)C(N)=O. The molecule has 3 atom stereocenters. The van der Waals surface area contributed by atoms with Crippen LogP contribution in [0.4, 0.5) is 0 Å². The van der Waals surface area contributed by atoms with Gasteiger partial charge in [-0.05, 0) is 26.2 Å². The monoisotopic (exact) mass is 304 g/mol. The Morgan fingerprint density at radius 3 is 1.84 bits per heavy atom. The molecule has 0 spiro atoms. The van der Waals surface area contributed by atoms with E-state index < -0.39 is 22.3 Å². The number of nitrogens with one attached hydrogen (secondary N) is 2. The summed E-state index contributed by atoms with van der Waals surface area (Å²) in [5.74, 6) is -1.22. The molecule has 0 aliphatic heterocycles. The molecule has 0 heterocycles. The summed E-state index contributed by atoms with van der Waals surface area (Å²) < 4.78 is 0. The van der Waals surface area contributed by atoms with Crippen molar-refractivity contribution < 1.29 is 9.59 Å². The van der Waals surface area contributed by atoms with Crippen LogP contribution >= 0.6 is 23.5 Å². The number of amides is 2. The van der Waals surface area contributed by atoms with E-state index in [0.717, 1.165) is 23.5 Å². The first-order valence-electron chi connectivity index (χ1n) is 5.67. The van der Waals surface area contributed by atoms with E-state index in [1.54, 1.807) is 20.8 Å². The lowest BCUT2D eigenvalue weighted by Crippen LogP contribution is -2.36. The summed E-state index contributed by atoms with van der Waals surface area (Å²) in [6.07, 6.45) is 0.351. The summed E-state index contributed by atoms with van der Waals surface area (Å²) in [6.45, 7) is 4.95. The molecule has 108 valence electrons.